The molecule has 1 heterocycles. The first-order chi connectivity index (χ1) is 8.50. The summed E-state index contributed by atoms with van der Waals surface area (Å²) in [6.07, 6.45) is 1.86. The van der Waals surface area contributed by atoms with E-state index in [4.69, 9.17) is 0 Å². The fraction of sp³-hybridized carbons (Fsp3) is 0.455. The molecule has 1 aromatic carbocycles. The predicted molar refractivity (Wildman–Crippen MR) is 62.6 cm³/mol. The van der Waals surface area contributed by atoms with Crippen molar-refractivity contribution < 1.29 is 17.2 Å². The number of benzene rings is 1. The third-order valence-corrected chi connectivity index (χ3v) is 4.33. The number of rotatable bonds is 4. The van der Waals surface area contributed by atoms with Crippen LogP contribution < -0.4 is 10.0 Å². The lowest BCUT2D eigenvalue weighted by Gasteiger charge is -2.12. The lowest BCUT2D eigenvalue weighted by Crippen LogP contribution is -2.37. The fourth-order valence-corrected chi connectivity index (χ4v) is 3.08. The Kier molecular flexibility index (Phi) is 3.94. The molecule has 1 fully saturated rings. The molecule has 1 atom stereocenters. The first-order valence-electron chi connectivity index (χ1n) is 5.68. The number of sulfonamides is 1. The lowest BCUT2D eigenvalue weighted by molar-refractivity contribution is 0.481. The van der Waals surface area contributed by atoms with E-state index in [1.165, 1.54) is 6.07 Å². The van der Waals surface area contributed by atoms with E-state index in [0.717, 1.165) is 31.5 Å². The van der Waals surface area contributed by atoms with Crippen LogP contribution in [-0.2, 0) is 10.0 Å². The number of hydrogen-bond donors (Lipinski definition) is 2. The molecule has 0 bridgehead atoms. The van der Waals surface area contributed by atoms with Crippen molar-refractivity contribution in [1.29, 1.82) is 0 Å². The largest absolute Gasteiger partial charge is 0.313 e. The zero-order valence-electron chi connectivity index (χ0n) is 9.62. The molecular weight excluding hydrogens is 262 g/mol. The van der Waals surface area contributed by atoms with Crippen LogP contribution in [0.5, 0.6) is 0 Å². The molecular formula is C11H14F2N2O2S. The average molecular weight is 276 g/mol. The quantitative estimate of drug-likeness (QED) is 0.862. The molecule has 18 heavy (non-hydrogen) atoms. The number of nitrogens with one attached hydrogen (secondary N) is 2. The van der Waals surface area contributed by atoms with Gasteiger partial charge < -0.3 is 5.32 Å². The Morgan fingerprint density at radius 2 is 2.17 bits per heavy atom. The Morgan fingerprint density at radius 3 is 2.83 bits per heavy atom. The zero-order chi connectivity index (χ0) is 13.2. The first-order valence-corrected chi connectivity index (χ1v) is 7.16. The van der Waals surface area contributed by atoms with Crippen molar-refractivity contribution in [2.24, 2.45) is 0 Å². The molecule has 0 aromatic heterocycles. The summed E-state index contributed by atoms with van der Waals surface area (Å²) in [6.45, 7) is 1.03. The van der Waals surface area contributed by atoms with Gasteiger partial charge in [0.25, 0.3) is 0 Å². The summed E-state index contributed by atoms with van der Waals surface area (Å²) < 4.78 is 52.3. The van der Waals surface area contributed by atoms with Gasteiger partial charge >= 0.3 is 0 Å². The molecule has 1 aliphatic rings. The van der Waals surface area contributed by atoms with E-state index in [9.17, 15) is 17.2 Å². The van der Waals surface area contributed by atoms with E-state index in [-0.39, 0.29) is 12.6 Å². The molecule has 2 rings (SSSR count). The van der Waals surface area contributed by atoms with E-state index in [1.807, 2.05) is 0 Å². The summed E-state index contributed by atoms with van der Waals surface area (Å²) in [5, 5.41) is 3.11. The van der Waals surface area contributed by atoms with Crippen LogP contribution in [0.3, 0.4) is 0 Å². The summed E-state index contributed by atoms with van der Waals surface area (Å²) in [5.74, 6) is -2.51. The van der Waals surface area contributed by atoms with Crippen LogP contribution in [0.4, 0.5) is 8.78 Å². The molecule has 0 saturated carbocycles. The van der Waals surface area contributed by atoms with Gasteiger partial charge in [-0.25, -0.2) is 21.9 Å². The van der Waals surface area contributed by atoms with E-state index < -0.39 is 26.6 Å². The van der Waals surface area contributed by atoms with E-state index in [0.29, 0.717) is 0 Å². The minimum Gasteiger partial charge on any atom is -0.313 e. The number of hydrogen-bond acceptors (Lipinski definition) is 3. The van der Waals surface area contributed by atoms with Gasteiger partial charge in [-0.05, 0) is 31.5 Å². The summed E-state index contributed by atoms with van der Waals surface area (Å²) in [4.78, 5) is -0.652. The number of halogens is 2. The normalized spacial score (nSPS) is 20.2. The standard InChI is InChI=1S/C11H14F2N2O2S/c12-9-4-1-5-10(11(9)13)18(16,17)15-7-8-3-2-6-14-8/h1,4-5,8,14-15H,2-3,6-7H2. The summed E-state index contributed by atoms with van der Waals surface area (Å²) in [7, 11) is -4.01. The maximum Gasteiger partial charge on any atom is 0.243 e. The van der Waals surface area contributed by atoms with Gasteiger partial charge in [-0.2, -0.15) is 0 Å². The van der Waals surface area contributed by atoms with Crippen molar-refractivity contribution >= 4 is 10.0 Å². The van der Waals surface area contributed by atoms with E-state index in [2.05, 4.69) is 10.0 Å². The van der Waals surface area contributed by atoms with Gasteiger partial charge in [0.2, 0.25) is 10.0 Å². The molecule has 1 unspecified atom stereocenters. The second kappa shape index (κ2) is 5.29. The molecule has 1 aliphatic heterocycles. The van der Waals surface area contributed by atoms with Gasteiger partial charge in [0, 0.05) is 12.6 Å². The molecule has 7 heteroatoms. The molecule has 0 radical (unpaired) electrons. The van der Waals surface area contributed by atoms with Gasteiger partial charge in [-0.3, -0.25) is 0 Å². The van der Waals surface area contributed by atoms with Crippen molar-refractivity contribution in [2.45, 2.75) is 23.8 Å². The van der Waals surface area contributed by atoms with Gasteiger partial charge in [0.05, 0.1) is 0 Å². The average Bonchev–Trinajstić information content (AvgIpc) is 2.83. The van der Waals surface area contributed by atoms with Crippen molar-refractivity contribution in [2.75, 3.05) is 13.1 Å². The van der Waals surface area contributed by atoms with Crippen LogP contribution >= 0.6 is 0 Å². The van der Waals surface area contributed by atoms with Crippen LogP contribution in [0.15, 0.2) is 23.1 Å². The minimum atomic E-state index is -4.01. The van der Waals surface area contributed by atoms with E-state index >= 15 is 0 Å². The Balaban J connectivity index is 2.12. The topological polar surface area (TPSA) is 58.2 Å². The predicted octanol–water partition coefficient (Wildman–Crippen LogP) is 0.995. The van der Waals surface area contributed by atoms with Gasteiger partial charge in [0.15, 0.2) is 11.6 Å². The summed E-state index contributed by atoms with van der Waals surface area (Å²) >= 11 is 0. The maximum atomic E-state index is 13.4. The summed E-state index contributed by atoms with van der Waals surface area (Å²) in [6, 6.07) is 3.15. The van der Waals surface area contributed by atoms with Crippen LogP contribution in [0, 0.1) is 11.6 Å². The SMILES string of the molecule is O=S(=O)(NCC1CCCN1)c1cccc(F)c1F. The van der Waals surface area contributed by atoms with Crippen molar-refractivity contribution in [3.8, 4) is 0 Å². The molecule has 1 aromatic rings. The molecule has 100 valence electrons. The maximum absolute atomic E-state index is 13.4. The molecule has 0 aliphatic carbocycles. The Hall–Kier alpha value is -1.05. The molecule has 2 N–H and O–H groups in total. The minimum absolute atomic E-state index is 0.0522. The molecule has 0 spiro atoms. The van der Waals surface area contributed by atoms with Crippen LogP contribution in [-0.4, -0.2) is 27.5 Å². The Bertz CT molecular complexity index is 528. The second-order valence-corrected chi connectivity index (χ2v) is 5.93. The molecule has 4 nitrogen and oxygen atoms in total. The van der Waals surface area contributed by atoms with Crippen LogP contribution in [0.25, 0.3) is 0 Å². The third kappa shape index (κ3) is 2.85. The fourth-order valence-electron chi connectivity index (χ4n) is 1.91. The monoisotopic (exact) mass is 276 g/mol. The van der Waals surface area contributed by atoms with Gasteiger partial charge in [-0.1, -0.05) is 6.07 Å². The van der Waals surface area contributed by atoms with Crippen LogP contribution in [0.1, 0.15) is 12.8 Å². The van der Waals surface area contributed by atoms with Crippen molar-refractivity contribution in [3.63, 3.8) is 0 Å². The first kappa shape index (κ1) is 13.4. The third-order valence-electron chi connectivity index (χ3n) is 2.89. The summed E-state index contributed by atoms with van der Waals surface area (Å²) in [5.41, 5.74) is 0. The van der Waals surface area contributed by atoms with Gasteiger partial charge in [-0.15, -0.1) is 0 Å². The molecule has 0 amide bonds. The highest BCUT2D eigenvalue weighted by molar-refractivity contribution is 7.89. The Morgan fingerprint density at radius 1 is 1.39 bits per heavy atom. The van der Waals surface area contributed by atoms with Gasteiger partial charge in [0.1, 0.15) is 4.90 Å². The van der Waals surface area contributed by atoms with E-state index in [1.54, 1.807) is 0 Å². The van der Waals surface area contributed by atoms with Crippen molar-refractivity contribution in [3.05, 3.63) is 29.8 Å². The highest BCUT2D eigenvalue weighted by atomic mass is 32.2. The van der Waals surface area contributed by atoms with Crippen molar-refractivity contribution in [1.82, 2.24) is 10.0 Å². The van der Waals surface area contributed by atoms with Crippen LogP contribution in [0.2, 0.25) is 0 Å². The highest BCUT2D eigenvalue weighted by Gasteiger charge is 2.23. The smallest absolute Gasteiger partial charge is 0.243 e. The highest BCUT2D eigenvalue weighted by Crippen LogP contribution is 2.16. The molecule has 1 saturated heterocycles. The Labute approximate surface area is 104 Å². The lowest BCUT2D eigenvalue weighted by atomic mass is 10.2. The zero-order valence-corrected chi connectivity index (χ0v) is 10.4. The second-order valence-electron chi connectivity index (χ2n) is 4.20.